The Morgan fingerprint density at radius 3 is 2.80 bits per heavy atom. The van der Waals surface area contributed by atoms with Gasteiger partial charge in [-0.25, -0.2) is 0 Å². The van der Waals surface area contributed by atoms with Crippen molar-refractivity contribution < 1.29 is 9.66 Å². The summed E-state index contributed by atoms with van der Waals surface area (Å²) in [5.41, 5.74) is 7.02. The number of hydrogen-bond acceptors (Lipinski definition) is 4. The molecule has 0 saturated heterocycles. The van der Waals surface area contributed by atoms with Crippen molar-refractivity contribution in [1.29, 1.82) is 0 Å². The molecule has 0 aromatic heterocycles. The molecule has 0 spiro atoms. The van der Waals surface area contributed by atoms with E-state index in [4.69, 9.17) is 15.4 Å². The van der Waals surface area contributed by atoms with Gasteiger partial charge in [-0.1, -0.05) is 12.1 Å². The minimum Gasteiger partial charge on any atom is -0.396 e. The maximum atomic E-state index is 8.90. The molecule has 15 heavy (non-hydrogen) atoms. The fourth-order valence-corrected chi connectivity index (χ4v) is 1.77. The first-order chi connectivity index (χ1) is 7.27. The van der Waals surface area contributed by atoms with E-state index in [0.29, 0.717) is 0 Å². The van der Waals surface area contributed by atoms with Crippen molar-refractivity contribution in [3.05, 3.63) is 29.8 Å². The van der Waals surface area contributed by atoms with Crippen molar-refractivity contribution in [2.45, 2.75) is 30.2 Å². The molecule has 0 saturated carbocycles. The SMILES string of the molecule is NC(CCCCO)c1cccc(SO)c1. The summed E-state index contributed by atoms with van der Waals surface area (Å²) in [7, 11) is 0. The van der Waals surface area contributed by atoms with Gasteiger partial charge in [-0.2, -0.15) is 0 Å². The van der Waals surface area contributed by atoms with Crippen molar-refractivity contribution in [2.75, 3.05) is 6.61 Å². The van der Waals surface area contributed by atoms with Crippen LogP contribution >= 0.6 is 12.0 Å². The summed E-state index contributed by atoms with van der Waals surface area (Å²) < 4.78 is 8.90. The fourth-order valence-electron chi connectivity index (χ4n) is 1.44. The van der Waals surface area contributed by atoms with E-state index in [9.17, 15) is 0 Å². The molecule has 0 fully saturated rings. The Morgan fingerprint density at radius 2 is 2.13 bits per heavy atom. The van der Waals surface area contributed by atoms with Gasteiger partial charge < -0.3 is 15.4 Å². The van der Waals surface area contributed by atoms with Crippen molar-refractivity contribution in [2.24, 2.45) is 5.73 Å². The highest BCUT2D eigenvalue weighted by atomic mass is 32.2. The van der Waals surface area contributed by atoms with Crippen LogP contribution in [0.4, 0.5) is 0 Å². The molecule has 0 aliphatic rings. The first-order valence-electron chi connectivity index (χ1n) is 5.05. The van der Waals surface area contributed by atoms with Crippen LogP contribution in [0.2, 0.25) is 0 Å². The second-order valence-electron chi connectivity index (χ2n) is 3.49. The molecular formula is C11H17NO2S. The van der Waals surface area contributed by atoms with Gasteiger partial charge in [-0.15, -0.1) is 0 Å². The molecule has 4 N–H and O–H groups in total. The molecule has 0 aliphatic heterocycles. The molecular weight excluding hydrogens is 210 g/mol. The molecule has 1 atom stereocenters. The van der Waals surface area contributed by atoms with Gasteiger partial charge in [0.2, 0.25) is 0 Å². The standard InChI is InChI=1S/C11H17NO2S/c12-11(6-1-2-7-13)9-4-3-5-10(8-9)15-14/h3-5,8,11,13-14H,1-2,6-7,12H2. The topological polar surface area (TPSA) is 66.5 Å². The summed E-state index contributed by atoms with van der Waals surface area (Å²) in [5.74, 6) is 0. The van der Waals surface area contributed by atoms with Crippen LogP contribution < -0.4 is 5.73 Å². The zero-order valence-electron chi connectivity index (χ0n) is 8.60. The average Bonchev–Trinajstić information content (AvgIpc) is 2.29. The highest BCUT2D eigenvalue weighted by Crippen LogP contribution is 2.21. The number of unbranched alkanes of at least 4 members (excludes halogenated alkanes) is 1. The molecule has 1 aromatic carbocycles. The third-order valence-corrected chi connectivity index (χ3v) is 2.78. The van der Waals surface area contributed by atoms with Crippen molar-refractivity contribution in [3.63, 3.8) is 0 Å². The second-order valence-corrected chi connectivity index (χ2v) is 4.14. The zero-order valence-corrected chi connectivity index (χ0v) is 9.41. The summed E-state index contributed by atoms with van der Waals surface area (Å²) in [6.07, 6.45) is 2.58. The zero-order chi connectivity index (χ0) is 11.1. The Morgan fingerprint density at radius 1 is 1.33 bits per heavy atom. The van der Waals surface area contributed by atoms with Crippen LogP contribution in [-0.4, -0.2) is 16.3 Å². The Hall–Kier alpha value is -0.550. The Kier molecular flexibility index (Phi) is 5.71. The largest absolute Gasteiger partial charge is 0.396 e. The minimum atomic E-state index is -0.0105. The molecule has 0 heterocycles. The van der Waals surface area contributed by atoms with Crippen LogP contribution in [0.15, 0.2) is 29.2 Å². The molecule has 1 aromatic rings. The molecule has 0 aliphatic carbocycles. The van der Waals surface area contributed by atoms with Crippen LogP contribution in [0.25, 0.3) is 0 Å². The van der Waals surface area contributed by atoms with Crippen LogP contribution in [0.1, 0.15) is 30.9 Å². The first kappa shape index (κ1) is 12.5. The highest BCUT2D eigenvalue weighted by Gasteiger charge is 2.06. The Labute approximate surface area is 94.5 Å². The number of aliphatic hydroxyl groups is 1. The van der Waals surface area contributed by atoms with Crippen molar-refractivity contribution in [1.82, 2.24) is 0 Å². The molecule has 1 rings (SSSR count). The number of rotatable bonds is 6. The third kappa shape index (κ3) is 4.22. The Bertz CT molecular complexity index is 294. The lowest BCUT2D eigenvalue weighted by Crippen LogP contribution is -2.10. The molecule has 0 amide bonds. The van der Waals surface area contributed by atoms with Gasteiger partial charge in [0.1, 0.15) is 0 Å². The normalized spacial score (nSPS) is 12.7. The second kappa shape index (κ2) is 6.85. The van der Waals surface area contributed by atoms with Gasteiger partial charge in [-0.3, -0.25) is 0 Å². The monoisotopic (exact) mass is 227 g/mol. The summed E-state index contributed by atoms with van der Waals surface area (Å²) in [6.45, 7) is 0.221. The van der Waals surface area contributed by atoms with E-state index in [1.54, 1.807) is 0 Å². The van der Waals surface area contributed by atoms with E-state index in [2.05, 4.69) is 0 Å². The predicted octanol–water partition coefficient (Wildman–Crippen LogP) is 2.41. The summed E-state index contributed by atoms with van der Waals surface area (Å²) in [4.78, 5) is 0.810. The molecule has 4 heteroatoms. The van der Waals surface area contributed by atoms with E-state index in [0.717, 1.165) is 41.8 Å². The van der Waals surface area contributed by atoms with Crippen LogP contribution in [0.5, 0.6) is 0 Å². The number of benzene rings is 1. The van der Waals surface area contributed by atoms with Crippen LogP contribution in [-0.2, 0) is 0 Å². The van der Waals surface area contributed by atoms with E-state index in [-0.39, 0.29) is 12.6 Å². The quantitative estimate of drug-likeness (QED) is 0.516. The summed E-state index contributed by atoms with van der Waals surface area (Å²) >= 11 is 0.733. The van der Waals surface area contributed by atoms with Gasteiger partial charge in [0.25, 0.3) is 0 Å². The summed E-state index contributed by atoms with van der Waals surface area (Å²) in [5, 5.41) is 8.65. The van der Waals surface area contributed by atoms with Crippen molar-refractivity contribution in [3.8, 4) is 0 Å². The van der Waals surface area contributed by atoms with Gasteiger partial charge in [0.05, 0.1) is 0 Å². The lowest BCUT2D eigenvalue weighted by molar-refractivity contribution is 0.281. The maximum absolute atomic E-state index is 8.90. The number of nitrogens with two attached hydrogens (primary N) is 1. The minimum absolute atomic E-state index is 0.0105. The summed E-state index contributed by atoms with van der Waals surface area (Å²) in [6, 6.07) is 7.58. The van der Waals surface area contributed by atoms with Crippen LogP contribution in [0.3, 0.4) is 0 Å². The van der Waals surface area contributed by atoms with Gasteiger partial charge in [0, 0.05) is 29.6 Å². The smallest absolute Gasteiger partial charge is 0.0431 e. The highest BCUT2D eigenvalue weighted by molar-refractivity contribution is 7.93. The molecule has 0 bridgehead atoms. The predicted molar refractivity (Wildman–Crippen MR) is 62.8 cm³/mol. The lowest BCUT2D eigenvalue weighted by Gasteiger charge is -2.12. The molecule has 3 nitrogen and oxygen atoms in total. The number of aliphatic hydroxyl groups excluding tert-OH is 1. The Balaban J connectivity index is 2.52. The average molecular weight is 227 g/mol. The fraction of sp³-hybridized carbons (Fsp3) is 0.455. The van der Waals surface area contributed by atoms with Gasteiger partial charge in [-0.05, 0) is 37.0 Å². The van der Waals surface area contributed by atoms with E-state index in [1.165, 1.54) is 0 Å². The van der Waals surface area contributed by atoms with E-state index >= 15 is 0 Å². The number of hydrogen-bond donors (Lipinski definition) is 3. The van der Waals surface area contributed by atoms with Gasteiger partial charge in [0.15, 0.2) is 0 Å². The first-order valence-corrected chi connectivity index (χ1v) is 5.83. The third-order valence-electron chi connectivity index (χ3n) is 2.31. The van der Waals surface area contributed by atoms with Crippen LogP contribution in [0, 0.1) is 0 Å². The molecule has 84 valence electrons. The molecule has 1 unspecified atom stereocenters. The molecule has 0 radical (unpaired) electrons. The van der Waals surface area contributed by atoms with Gasteiger partial charge >= 0.3 is 0 Å². The van der Waals surface area contributed by atoms with Crippen molar-refractivity contribution >= 4 is 12.0 Å². The lowest BCUT2D eigenvalue weighted by atomic mass is 10.0. The maximum Gasteiger partial charge on any atom is 0.0431 e. The van der Waals surface area contributed by atoms with E-state index in [1.807, 2.05) is 24.3 Å². The van der Waals surface area contributed by atoms with E-state index < -0.39 is 0 Å².